The second-order valence-electron chi connectivity index (χ2n) is 3.97. The maximum Gasteiger partial charge on any atom is 0.249 e. The number of benzene rings is 2. The van der Waals surface area contributed by atoms with Gasteiger partial charge >= 0.3 is 0 Å². The summed E-state index contributed by atoms with van der Waals surface area (Å²) in [7, 11) is 0. The molecule has 0 radical (unpaired) electrons. The molecule has 0 saturated heterocycles. The highest BCUT2D eigenvalue weighted by Gasteiger charge is 2.29. The van der Waals surface area contributed by atoms with E-state index in [-0.39, 0.29) is 18.2 Å². The molecule has 0 spiro atoms. The van der Waals surface area contributed by atoms with E-state index in [9.17, 15) is 9.59 Å². The lowest BCUT2D eigenvalue weighted by atomic mass is 10.0. The zero-order valence-corrected chi connectivity index (χ0v) is 10.2. The highest BCUT2D eigenvalue weighted by atomic mass is 35.5. The molecule has 1 amide bonds. The average Bonchev–Trinajstić information content (AvgIpc) is 2.64. The number of fused-ring (bicyclic) bond motifs is 3. The Bertz CT molecular complexity index is 665. The van der Waals surface area contributed by atoms with Crippen LogP contribution >= 0.6 is 12.4 Å². The first-order valence-electron chi connectivity index (χ1n) is 5.27. The Morgan fingerprint density at radius 3 is 2.17 bits per heavy atom. The lowest BCUT2D eigenvalue weighted by Crippen LogP contribution is -2.15. The van der Waals surface area contributed by atoms with Crippen LogP contribution in [0.15, 0.2) is 42.5 Å². The van der Waals surface area contributed by atoms with Crippen molar-refractivity contribution in [2.45, 2.75) is 0 Å². The maximum atomic E-state index is 12.2. The number of carbonyl (C=O) groups is 2. The van der Waals surface area contributed by atoms with Crippen LogP contribution in [-0.4, -0.2) is 11.7 Å². The molecular formula is C14H10ClNO2. The number of carbonyl (C=O) groups excluding carboxylic acids is 2. The van der Waals surface area contributed by atoms with Crippen molar-refractivity contribution >= 4 is 24.1 Å². The smallest absolute Gasteiger partial charge is 0.249 e. The van der Waals surface area contributed by atoms with Gasteiger partial charge in [-0.3, -0.25) is 9.59 Å². The van der Waals surface area contributed by atoms with Crippen molar-refractivity contribution in [3.05, 3.63) is 59.2 Å². The molecule has 18 heavy (non-hydrogen) atoms. The molecule has 3 nitrogen and oxygen atoms in total. The lowest BCUT2D eigenvalue weighted by molar-refractivity contribution is 0.0983. The number of amides is 1. The summed E-state index contributed by atoms with van der Waals surface area (Å²) in [6.45, 7) is 0. The van der Waals surface area contributed by atoms with E-state index in [2.05, 4.69) is 0 Å². The van der Waals surface area contributed by atoms with Gasteiger partial charge in [-0.05, 0) is 17.2 Å². The molecule has 0 heterocycles. The number of hydrogen-bond donors (Lipinski definition) is 1. The van der Waals surface area contributed by atoms with E-state index in [0.29, 0.717) is 16.7 Å². The summed E-state index contributed by atoms with van der Waals surface area (Å²) < 4.78 is 0. The second kappa shape index (κ2) is 4.27. The van der Waals surface area contributed by atoms with Crippen LogP contribution in [0, 0.1) is 0 Å². The Morgan fingerprint density at radius 1 is 0.889 bits per heavy atom. The van der Waals surface area contributed by atoms with Crippen LogP contribution in [0.1, 0.15) is 26.3 Å². The number of hydrogen-bond acceptors (Lipinski definition) is 2. The standard InChI is InChI=1S/C14H9NO2.ClH/c15-14(17)11-7-3-6-9-8-4-1-2-5-10(8)13(16)12(9)11;/h1-7H,(H2,15,17);1H. The average molecular weight is 260 g/mol. The Kier molecular flexibility index (Phi) is 2.93. The van der Waals surface area contributed by atoms with Gasteiger partial charge in [0.2, 0.25) is 5.91 Å². The topological polar surface area (TPSA) is 60.2 Å². The molecule has 3 rings (SSSR count). The molecule has 2 aromatic rings. The molecule has 4 heteroatoms. The predicted molar refractivity (Wildman–Crippen MR) is 71.1 cm³/mol. The minimum absolute atomic E-state index is 0. The van der Waals surface area contributed by atoms with E-state index in [1.807, 2.05) is 24.3 Å². The molecule has 0 unspecified atom stereocenters. The predicted octanol–water partition coefficient (Wildman–Crippen LogP) is 2.42. The lowest BCUT2D eigenvalue weighted by Gasteiger charge is -2.02. The summed E-state index contributed by atoms with van der Waals surface area (Å²) in [5, 5.41) is 0. The number of rotatable bonds is 1. The molecule has 0 fully saturated rings. The van der Waals surface area contributed by atoms with E-state index in [0.717, 1.165) is 11.1 Å². The summed E-state index contributed by atoms with van der Waals surface area (Å²) in [5.41, 5.74) is 8.32. The van der Waals surface area contributed by atoms with E-state index >= 15 is 0 Å². The van der Waals surface area contributed by atoms with Crippen molar-refractivity contribution in [1.82, 2.24) is 0 Å². The first kappa shape index (κ1) is 12.3. The number of nitrogens with two attached hydrogens (primary N) is 1. The zero-order valence-electron chi connectivity index (χ0n) is 9.34. The molecule has 1 aliphatic rings. The largest absolute Gasteiger partial charge is 0.366 e. The number of ketones is 1. The first-order valence-corrected chi connectivity index (χ1v) is 5.27. The maximum absolute atomic E-state index is 12.2. The molecule has 0 aliphatic heterocycles. The summed E-state index contributed by atoms with van der Waals surface area (Å²) in [6, 6.07) is 12.5. The molecule has 0 aromatic heterocycles. The fraction of sp³-hybridized carbons (Fsp3) is 0. The molecule has 2 N–H and O–H groups in total. The molecule has 0 saturated carbocycles. The Labute approximate surface area is 110 Å². The van der Waals surface area contributed by atoms with E-state index in [1.54, 1.807) is 18.2 Å². The first-order chi connectivity index (χ1) is 8.20. The van der Waals surface area contributed by atoms with Crippen LogP contribution in [0.5, 0.6) is 0 Å². The van der Waals surface area contributed by atoms with Crippen LogP contribution < -0.4 is 5.73 Å². The second-order valence-corrected chi connectivity index (χ2v) is 3.97. The minimum Gasteiger partial charge on any atom is -0.366 e. The van der Waals surface area contributed by atoms with E-state index in [1.165, 1.54) is 0 Å². The van der Waals surface area contributed by atoms with Gasteiger partial charge in [0.25, 0.3) is 0 Å². The van der Waals surface area contributed by atoms with Crippen molar-refractivity contribution in [3.8, 4) is 11.1 Å². The van der Waals surface area contributed by atoms with Gasteiger partial charge in [-0.25, -0.2) is 0 Å². The van der Waals surface area contributed by atoms with Crippen LogP contribution in [-0.2, 0) is 0 Å². The third kappa shape index (κ3) is 1.52. The van der Waals surface area contributed by atoms with Crippen molar-refractivity contribution in [2.24, 2.45) is 5.73 Å². The third-order valence-corrected chi connectivity index (χ3v) is 3.02. The van der Waals surface area contributed by atoms with Crippen molar-refractivity contribution in [3.63, 3.8) is 0 Å². The Balaban J connectivity index is 0.00000120. The van der Waals surface area contributed by atoms with E-state index in [4.69, 9.17) is 5.73 Å². The van der Waals surface area contributed by atoms with Crippen molar-refractivity contribution < 1.29 is 9.59 Å². The van der Waals surface area contributed by atoms with Crippen molar-refractivity contribution in [2.75, 3.05) is 0 Å². The fourth-order valence-corrected chi connectivity index (χ4v) is 2.28. The Morgan fingerprint density at radius 2 is 1.50 bits per heavy atom. The van der Waals surface area contributed by atoms with Gasteiger partial charge in [0.05, 0.1) is 5.56 Å². The van der Waals surface area contributed by atoms with Crippen LogP contribution in [0.2, 0.25) is 0 Å². The van der Waals surface area contributed by atoms with E-state index < -0.39 is 5.91 Å². The Hall–Kier alpha value is -2.13. The normalized spacial score (nSPS) is 11.4. The summed E-state index contributed by atoms with van der Waals surface area (Å²) in [6.07, 6.45) is 0. The highest BCUT2D eigenvalue weighted by molar-refractivity contribution is 6.25. The summed E-state index contributed by atoms with van der Waals surface area (Å²) in [5.74, 6) is -0.687. The minimum atomic E-state index is -0.567. The third-order valence-electron chi connectivity index (χ3n) is 3.02. The molecule has 1 aliphatic carbocycles. The van der Waals surface area contributed by atoms with Gasteiger partial charge in [0.15, 0.2) is 5.78 Å². The van der Waals surface area contributed by atoms with Gasteiger partial charge < -0.3 is 5.73 Å². The van der Waals surface area contributed by atoms with Gasteiger partial charge in [0.1, 0.15) is 0 Å². The molecule has 0 atom stereocenters. The number of primary amides is 1. The summed E-state index contributed by atoms with van der Waals surface area (Å²) in [4.78, 5) is 23.5. The fourth-order valence-electron chi connectivity index (χ4n) is 2.28. The monoisotopic (exact) mass is 259 g/mol. The SMILES string of the molecule is Cl.NC(=O)c1cccc2c1C(=O)c1ccccc1-2. The van der Waals surface area contributed by atoms with Crippen LogP contribution in [0.25, 0.3) is 11.1 Å². The van der Waals surface area contributed by atoms with Crippen LogP contribution in [0.3, 0.4) is 0 Å². The quantitative estimate of drug-likeness (QED) is 0.730. The van der Waals surface area contributed by atoms with Gasteiger partial charge in [-0.15, -0.1) is 12.4 Å². The summed E-state index contributed by atoms with van der Waals surface area (Å²) >= 11 is 0. The van der Waals surface area contributed by atoms with Gasteiger partial charge in [-0.1, -0.05) is 36.4 Å². The number of halogens is 1. The zero-order chi connectivity index (χ0) is 12.0. The molecule has 0 bridgehead atoms. The van der Waals surface area contributed by atoms with Gasteiger partial charge in [-0.2, -0.15) is 0 Å². The molecular weight excluding hydrogens is 250 g/mol. The van der Waals surface area contributed by atoms with Crippen LogP contribution in [0.4, 0.5) is 0 Å². The highest BCUT2D eigenvalue weighted by Crippen LogP contribution is 2.37. The van der Waals surface area contributed by atoms with Gasteiger partial charge in [0, 0.05) is 11.1 Å². The molecule has 90 valence electrons. The molecule has 2 aromatic carbocycles. The van der Waals surface area contributed by atoms with Crippen molar-refractivity contribution in [1.29, 1.82) is 0 Å².